The fourth-order valence-corrected chi connectivity index (χ4v) is 4.83. The van der Waals surface area contributed by atoms with Gasteiger partial charge in [0.05, 0.1) is 0 Å². The normalized spacial score (nSPS) is 13.1. The highest BCUT2D eigenvalue weighted by Crippen LogP contribution is 2.59. The summed E-state index contributed by atoms with van der Waals surface area (Å²) in [5.74, 6) is -0.350. The molecule has 1 atom stereocenters. The summed E-state index contributed by atoms with van der Waals surface area (Å²) in [4.78, 5) is 13.3. The summed E-state index contributed by atoms with van der Waals surface area (Å²) in [5.41, 5.74) is 0.960. The fraction of sp³-hybridized carbons (Fsp3) is 0.500. The molecule has 0 aliphatic heterocycles. The predicted molar refractivity (Wildman–Crippen MR) is 76.3 cm³/mol. The second-order valence-corrected chi connectivity index (χ2v) is 8.16. The van der Waals surface area contributed by atoms with Crippen LogP contribution in [0.2, 0.25) is 0 Å². The summed E-state index contributed by atoms with van der Waals surface area (Å²) in [5, 5.41) is 0. The van der Waals surface area contributed by atoms with Gasteiger partial charge in [0, 0.05) is 26.3 Å². The van der Waals surface area contributed by atoms with E-state index in [-0.39, 0.29) is 11.7 Å². The Morgan fingerprint density at radius 3 is 2.11 bits per heavy atom. The Hall–Kier alpha value is -1.08. The Bertz CT molecular complexity index is 436. The van der Waals surface area contributed by atoms with Crippen molar-refractivity contribution in [3.63, 3.8) is 0 Å². The van der Waals surface area contributed by atoms with E-state index in [1.54, 1.807) is 11.9 Å². The van der Waals surface area contributed by atoms with Gasteiger partial charge in [-0.25, -0.2) is 0 Å². The molecular weight excluding hydrogens is 245 g/mol. The molecule has 0 aromatic heterocycles. The van der Waals surface area contributed by atoms with Gasteiger partial charge >= 0.3 is 0 Å². The van der Waals surface area contributed by atoms with Crippen molar-refractivity contribution in [1.82, 2.24) is 4.90 Å². The summed E-state index contributed by atoms with van der Waals surface area (Å²) in [6.45, 7) is 5.40. The van der Waals surface area contributed by atoms with Crippen LogP contribution in [0.3, 0.4) is 0 Å². The van der Waals surface area contributed by atoms with E-state index in [1.165, 1.54) is 6.92 Å². The Kier molecular flexibility index (Phi) is 5.15. The van der Waals surface area contributed by atoms with E-state index in [0.29, 0.717) is 12.3 Å². The smallest absolute Gasteiger partial charge is 0.220 e. The molecule has 0 aliphatic carbocycles. The van der Waals surface area contributed by atoms with Crippen molar-refractivity contribution in [2.75, 3.05) is 19.4 Å². The number of rotatable bonds is 5. The van der Waals surface area contributed by atoms with E-state index in [0.717, 1.165) is 5.56 Å². The van der Waals surface area contributed by atoms with Gasteiger partial charge in [0.15, 0.2) is 0 Å². The molecule has 1 aromatic carbocycles. The Morgan fingerprint density at radius 1 is 1.22 bits per heavy atom. The lowest BCUT2D eigenvalue weighted by molar-refractivity contribution is -0.128. The number of amides is 1. The van der Waals surface area contributed by atoms with Crippen molar-refractivity contribution in [2.45, 2.75) is 26.6 Å². The van der Waals surface area contributed by atoms with Crippen molar-refractivity contribution in [3.8, 4) is 0 Å². The van der Waals surface area contributed by atoms with Gasteiger partial charge < -0.3 is 9.46 Å². The summed E-state index contributed by atoms with van der Waals surface area (Å²) < 4.78 is 13.0. The van der Waals surface area contributed by atoms with Crippen molar-refractivity contribution in [3.05, 3.63) is 35.9 Å². The van der Waals surface area contributed by atoms with Gasteiger partial charge in [-0.15, -0.1) is 0 Å². The lowest BCUT2D eigenvalue weighted by atomic mass is 10.2. The van der Waals surface area contributed by atoms with Crippen LogP contribution >= 0.6 is 7.14 Å². The molecule has 4 heteroatoms. The van der Waals surface area contributed by atoms with Gasteiger partial charge in [-0.05, 0) is 5.56 Å². The summed E-state index contributed by atoms with van der Waals surface area (Å²) in [7, 11) is -0.684. The first-order valence-electron chi connectivity index (χ1n) is 6.32. The standard InChI is InChI=1S/C14H22NO2P/c1-5-18(17,6-2)14(15(4)12(3)16)13-10-8-7-9-11-13/h7-11,14H,5-6H2,1-4H3. The molecule has 1 unspecified atom stereocenters. The lowest BCUT2D eigenvalue weighted by Gasteiger charge is -2.33. The molecule has 1 rings (SSSR count). The topological polar surface area (TPSA) is 37.4 Å². The highest BCUT2D eigenvalue weighted by molar-refractivity contribution is 7.64. The highest BCUT2D eigenvalue weighted by Gasteiger charge is 2.35. The molecule has 0 saturated heterocycles. The van der Waals surface area contributed by atoms with Crippen LogP contribution in [0.15, 0.2) is 30.3 Å². The molecule has 18 heavy (non-hydrogen) atoms. The minimum atomic E-state index is -2.42. The average Bonchev–Trinajstić information content (AvgIpc) is 2.39. The summed E-state index contributed by atoms with van der Waals surface area (Å²) >= 11 is 0. The average molecular weight is 267 g/mol. The quantitative estimate of drug-likeness (QED) is 0.765. The molecule has 100 valence electrons. The third-order valence-electron chi connectivity index (χ3n) is 3.48. The molecule has 1 amide bonds. The van der Waals surface area contributed by atoms with Crippen molar-refractivity contribution in [1.29, 1.82) is 0 Å². The molecule has 1 aromatic rings. The maximum Gasteiger partial charge on any atom is 0.220 e. The summed E-state index contributed by atoms with van der Waals surface area (Å²) in [6, 6.07) is 9.67. The number of hydrogen-bond acceptors (Lipinski definition) is 2. The second kappa shape index (κ2) is 6.19. The van der Waals surface area contributed by atoms with Crippen molar-refractivity contribution < 1.29 is 9.36 Å². The number of carbonyl (C=O) groups is 1. The van der Waals surface area contributed by atoms with Gasteiger partial charge in [0.25, 0.3) is 0 Å². The molecule has 3 nitrogen and oxygen atoms in total. The van der Waals surface area contributed by atoms with E-state index in [4.69, 9.17) is 0 Å². The van der Waals surface area contributed by atoms with Gasteiger partial charge in [-0.1, -0.05) is 44.2 Å². The van der Waals surface area contributed by atoms with Gasteiger partial charge in [0.1, 0.15) is 12.9 Å². The first-order valence-corrected chi connectivity index (χ1v) is 8.47. The van der Waals surface area contributed by atoms with E-state index in [9.17, 15) is 9.36 Å². The maximum atomic E-state index is 13.0. The van der Waals surface area contributed by atoms with Crippen LogP contribution in [-0.4, -0.2) is 30.2 Å². The molecule has 0 fully saturated rings. The zero-order valence-corrected chi connectivity index (χ0v) is 12.5. The maximum absolute atomic E-state index is 13.0. The van der Waals surface area contributed by atoms with E-state index < -0.39 is 7.14 Å². The molecule has 0 aliphatic rings. The van der Waals surface area contributed by atoms with Crippen LogP contribution in [0.25, 0.3) is 0 Å². The third kappa shape index (κ3) is 3.02. The third-order valence-corrected chi connectivity index (χ3v) is 7.15. The van der Waals surface area contributed by atoms with Crippen LogP contribution in [0, 0.1) is 0 Å². The number of benzene rings is 1. The zero-order chi connectivity index (χ0) is 13.8. The van der Waals surface area contributed by atoms with Crippen LogP contribution in [0.1, 0.15) is 32.1 Å². The van der Waals surface area contributed by atoms with E-state index in [1.807, 2.05) is 44.2 Å². The Morgan fingerprint density at radius 2 is 1.72 bits per heavy atom. The van der Waals surface area contributed by atoms with E-state index in [2.05, 4.69) is 0 Å². The minimum absolute atomic E-state index is 0.0500. The monoisotopic (exact) mass is 267 g/mol. The van der Waals surface area contributed by atoms with E-state index >= 15 is 0 Å². The van der Waals surface area contributed by atoms with Gasteiger partial charge in [0.2, 0.25) is 5.91 Å². The number of hydrogen-bond donors (Lipinski definition) is 0. The molecule has 0 N–H and O–H groups in total. The van der Waals surface area contributed by atoms with Gasteiger partial charge in [-0.3, -0.25) is 4.79 Å². The largest absolute Gasteiger partial charge is 0.332 e. The Labute approximate surface area is 110 Å². The molecule has 0 saturated carbocycles. The van der Waals surface area contributed by atoms with Crippen molar-refractivity contribution >= 4 is 13.0 Å². The molecule has 0 bridgehead atoms. The zero-order valence-electron chi connectivity index (χ0n) is 11.6. The highest BCUT2D eigenvalue weighted by atomic mass is 31.2. The minimum Gasteiger partial charge on any atom is -0.332 e. The first-order chi connectivity index (χ1) is 8.46. The van der Waals surface area contributed by atoms with Crippen molar-refractivity contribution in [2.24, 2.45) is 0 Å². The Balaban J connectivity index is 3.27. The molecular formula is C14H22NO2P. The van der Waals surface area contributed by atoms with Crippen LogP contribution < -0.4 is 0 Å². The van der Waals surface area contributed by atoms with Crippen LogP contribution in [-0.2, 0) is 9.36 Å². The van der Waals surface area contributed by atoms with Crippen LogP contribution in [0.5, 0.6) is 0 Å². The molecule has 0 spiro atoms. The molecule has 0 radical (unpaired) electrons. The van der Waals surface area contributed by atoms with Gasteiger partial charge in [-0.2, -0.15) is 0 Å². The predicted octanol–water partition coefficient (Wildman–Crippen LogP) is 3.57. The van der Waals surface area contributed by atoms with Crippen LogP contribution in [0.4, 0.5) is 0 Å². The first kappa shape index (κ1) is 15.0. The lowest BCUT2D eigenvalue weighted by Crippen LogP contribution is -2.30. The number of nitrogens with zero attached hydrogens (tertiary/aromatic N) is 1. The number of carbonyl (C=O) groups excluding carboxylic acids is 1. The SMILES string of the molecule is CCP(=O)(CC)C(c1ccccc1)N(C)C(C)=O. The molecule has 0 heterocycles. The fourth-order valence-electron chi connectivity index (χ4n) is 2.18. The summed E-state index contributed by atoms with van der Waals surface area (Å²) in [6.07, 6.45) is 1.22. The second-order valence-electron chi connectivity index (χ2n) is 4.50.